The lowest BCUT2D eigenvalue weighted by atomic mass is 10.1. The van der Waals surface area contributed by atoms with E-state index in [-0.39, 0.29) is 11.4 Å². The van der Waals surface area contributed by atoms with Gasteiger partial charge in [0.05, 0.1) is 17.9 Å². The van der Waals surface area contributed by atoms with Gasteiger partial charge < -0.3 is 10.1 Å². The Labute approximate surface area is 126 Å². The second-order valence-electron chi connectivity index (χ2n) is 4.69. The number of halogens is 1. The number of hydrogen-bond donors (Lipinski definition) is 1. The van der Waals surface area contributed by atoms with Crippen LogP contribution in [0.5, 0.6) is 0 Å². The summed E-state index contributed by atoms with van der Waals surface area (Å²) in [6, 6.07) is 8.18. The van der Waals surface area contributed by atoms with E-state index < -0.39 is 0 Å². The highest BCUT2D eigenvalue weighted by molar-refractivity contribution is 9.10. The number of rotatable bonds is 7. The molecule has 1 amide bonds. The van der Waals surface area contributed by atoms with Crippen LogP contribution in [0.3, 0.4) is 0 Å². The van der Waals surface area contributed by atoms with E-state index in [1.54, 1.807) is 18.9 Å². The maximum absolute atomic E-state index is 11.9. The van der Waals surface area contributed by atoms with Gasteiger partial charge in [0.1, 0.15) is 0 Å². The van der Waals surface area contributed by atoms with Gasteiger partial charge in [-0.3, -0.25) is 4.79 Å². The number of amides is 1. The first-order valence-electron chi connectivity index (χ1n) is 6.30. The van der Waals surface area contributed by atoms with Crippen LogP contribution in [-0.2, 0) is 15.1 Å². The zero-order valence-electron chi connectivity index (χ0n) is 10.9. The van der Waals surface area contributed by atoms with E-state index in [1.165, 1.54) is 5.56 Å². The van der Waals surface area contributed by atoms with Gasteiger partial charge in [-0.25, -0.2) is 0 Å². The molecule has 1 aliphatic carbocycles. The molecule has 0 unspecified atom stereocenters. The highest BCUT2D eigenvalue weighted by Gasteiger charge is 2.45. The van der Waals surface area contributed by atoms with E-state index in [0.717, 1.165) is 23.1 Å². The molecule has 104 valence electrons. The van der Waals surface area contributed by atoms with Crippen molar-refractivity contribution in [1.29, 1.82) is 0 Å². The van der Waals surface area contributed by atoms with Crippen LogP contribution in [-0.4, -0.2) is 31.1 Å². The maximum Gasteiger partial charge on any atom is 0.230 e. The topological polar surface area (TPSA) is 38.3 Å². The molecule has 0 bridgehead atoms. The van der Waals surface area contributed by atoms with Crippen LogP contribution in [0.1, 0.15) is 18.4 Å². The standard InChI is InChI=1S/C14H18BrNO2S/c1-18-7-8-19-10-13(17)16-14(5-6-14)11-3-2-4-12(15)9-11/h2-4,9H,5-8,10H2,1H3,(H,16,17). The number of hydrogen-bond acceptors (Lipinski definition) is 3. The van der Waals surface area contributed by atoms with Crippen molar-refractivity contribution in [2.45, 2.75) is 18.4 Å². The molecule has 1 aliphatic rings. The molecule has 3 nitrogen and oxygen atoms in total. The van der Waals surface area contributed by atoms with Gasteiger partial charge in [0.25, 0.3) is 0 Å². The monoisotopic (exact) mass is 343 g/mol. The van der Waals surface area contributed by atoms with Crippen LogP contribution in [0.25, 0.3) is 0 Å². The molecule has 0 radical (unpaired) electrons. The summed E-state index contributed by atoms with van der Waals surface area (Å²) in [5.74, 6) is 1.46. The molecule has 1 saturated carbocycles. The lowest BCUT2D eigenvalue weighted by molar-refractivity contribution is -0.119. The van der Waals surface area contributed by atoms with Crippen LogP contribution in [0.15, 0.2) is 28.7 Å². The van der Waals surface area contributed by atoms with Gasteiger partial charge >= 0.3 is 0 Å². The molecule has 1 aromatic rings. The molecule has 0 atom stereocenters. The summed E-state index contributed by atoms with van der Waals surface area (Å²) in [7, 11) is 1.67. The first-order chi connectivity index (χ1) is 9.16. The minimum atomic E-state index is -0.122. The Morgan fingerprint density at radius 1 is 1.53 bits per heavy atom. The Morgan fingerprint density at radius 2 is 2.32 bits per heavy atom. The number of nitrogens with one attached hydrogen (secondary N) is 1. The summed E-state index contributed by atoms with van der Waals surface area (Å²) >= 11 is 5.08. The van der Waals surface area contributed by atoms with E-state index >= 15 is 0 Å². The van der Waals surface area contributed by atoms with Crippen LogP contribution >= 0.6 is 27.7 Å². The van der Waals surface area contributed by atoms with Crippen molar-refractivity contribution < 1.29 is 9.53 Å². The molecule has 2 rings (SSSR count). The molecule has 0 aromatic heterocycles. The van der Waals surface area contributed by atoms with E-state index in [9.17, 15) is 4.79 Å². The Morgan fingerprint density at radius 3 is 2.95 bits per heavy atom. The van der Waals surface area contributed by atoms with Gasteiger partial charge in [-0.1, -0.05) is 28.1 Å². The average molecular weight is 344 g/mol. The lowest BCUT2D eigenvalue weighted by Crippen LogP contribution is -2.36. The zero-order valence-corrected chi connectivity index (χ0v) is 13.4. The quantitative estimate of drug-likeness (QED) is 0.773. The largest absolute Gasteiger partial charge is 0.384 e. The van der Waals surface area contributed by atoms with Gasteiger partial charge in [-0.05, 0) is 30.5 Å². The van der Waals surface area contributed by atoms with E-state index in [2.05, 4.69) is 33.4 Å². The summed E-state index contributed by atoms with van der Waals surface area (Å²) in [6.45, 7) is 0.689. The van der Waals surface area contributed by atoms with Gasteiger partial charge in [0, 0.05) is 17.3 Å². The molecule has 0 aliphatic heterocycles. The summed E-state index contributed by atoms with van der Waals surface area (Å²) in [6.07, 6.45) is 2.05. The van der Waals surface area contributed by atoms with Crippen LogP contribution in [0.4, 0.5) is 0 Å². The predicted molar refractivity (Wildman–Crippen MR) is 82.4 cm³/mol. The van der Waals surface area contributed by atoms with Crippen molar-refractivity contribution in [1.82, 2.24) is 5.32 Å². The van der Waals surface area contributed by atoms with Crippen molar-refractivity contribution in [3.8, 4) is 0 Å². The molecule has 1 fully saturated rings. The SMILES string of the molecule is COCCSCC(=O)NC1(c2cccc(Br)c2)CC1. The highest BCUT2D eigenvalue weighted by Crippen LogP contribution is 2.46. The van der Waals surface area contributed by atoms with E-state index in [1.807, 2.05) is 12.1 Å². The molecule has 0 heterocycles. The van der Waals surface area contributed by atoms with E-state index in [4.69, 9.17) is 4.74 Å². The molecular weight excluding hydrogens is 326 g/mol. The van der Waals surface area contributed by atoms with Gasteiger partial charge in [0.2, 0.25) is 5.91 Å². The molecule has 0 spiro atoms. The zero-order chi connectivity index (χ0) is 13.7. The minimum Gasteiger partial charge on any atom is -0.384 e. The molecule has 19 heavy (non-hydrogen) atoms. The lowest BCUT2D eigenvalue weighted by Gasteiger charge is -2.18. The number of thioether (sulfide) groups is 1. The van der Waals surface area contributed by atoms with Crippen molar-refractivity contribution in [3.05, 3.63) is 34.3 Å². The van der Waals surface area contributed by atoms with Crippen LogP contribution < -0.4 is 5.32 Å². The smallest absolute Gasteiger partial charge is 0.230 e. The van der Waals surface area contributed by atoms with Crippen molar-refractivity contribution >= 4 is 33.6 Å². The molecular formula is C14H18BrNO2S. The predicted octanol–water partition coefficient (Wildman–Crippen LogP) is 2.93. The number of carbonyl (C=O) groups is 1. The van der Waals surface area contributed by atoms with E-state index in [0.29, 0.717) is 12.4 Å². The normalized spacial score (nSPS) is 16.1. The van der Waals surface area contributed by atoms with Crippen molar-refractivity contribution in [2.24, 2.45) is 0 Å². The first-order valence-corrected chi connectivity index (χ1v) is 8.25. The highest BCUT2D eigenvalue weighted by atomic mass is 79.9. The summed E-state index contributed by atoms with van der Waals surface area (Å²) in [5, 5.41) is 3.17. The number of ether oxygens (including phenoxy) is 1. The van der Waals surface area contributed by atoms with Crippen LogP contribution in [0, 0.1) is 0 Å². The fourth-order valence-corrected chi connectivity index (χ4v) is 3.09. The summed E-state index contributed by atoms with van der Waals surface area (Å²) in [5.41, 5.74) is 1.07. The molecule has 1 N–H and O–H groups in total. The Balaban J connectivity index is 1.86. The molecule has 1 aromatic carbocycles. The Kier molecular flexibility index (Phi) is 5.30. The fraction of sp³-hybridized carbons (Fsp3) is 0.500. The average Bonchev–Trinajstić information content (AvgIpc) is 3.16. The minimum absolute atomic E-state index is 0.110. The third-order valence-electron chi connectivity index (χ3n) is 3.17. The Bertz CT molecular complexity index is 449. The first kappa shape index (κ1) is 14.9. The number of methoxy groups -OCH3 is 1. The second-order valence-corrected chi connectivity index (χ2v) is 6.71. The summed E-state index contributed by atoms with van der Waals surface area (Å²) < 4.78 is 6.02. The van der Waals surface area contributed by atoms with Crippen molar-refractivity contribution in [3.63, 3.8) is 0 Å². The second kappa shape index (κ2) is 6.77. The number of carbonyl (C=O) groups excluding carboxylic acids is 1. The molecule has 5 heteroatoms. The van der Waals surface area contributed by atoms with Gasteiger partial charge in [-0.15, -0.1) is 11.8 Å². The fourth-order valence-electron chi connectivity index (χ4n) is 2.01. The third kappa shape index (κ3) is 4.23. The van der Waals surface area contributed by atoms with Crippen LogP contribution in [0.2, 0.25) is 0 Å². The molecule has 0 saturated heterocycles. The number of benzene rings is 1. The van der Waals surface area contributed by atoms with Gasteiger partial charge in [0.15, 0.2) is 0 Å². The van der Waals surface area contributed by atoms with Crippen molar-refractivity contribution in [2.75, 3.05) is 25.2 Å². The van der Waals surface area contributed by atoms with Gasteiger partial charge in [-0.2, -0.15) is 0 Å². The summed E-state index contributed by atoms with van der Waals surface area (Å²) in [4.78, 5) is 11.9. The Hall–Kier alpha value is -0.520. The third-order valence-corrected chi connectivity index (χ3v) is 4.59. The maximum atomic E-state index is 11.9.